The maximum absolute atomic E-state index is 14.0. The lowest BCUT2D eigenvalue weighted by molar-refractivity contribution is 0.609. The number of imidazole rings is 1. The van der Waals surface area contributed by atoms with Gasteiger partial charge in [0.1, 0.15) is 17.7 Å². The lowest BCUT2D eigenvalue weighted by Crippen LogP contribution is -2.01. The van der Waals surface area contributed by atoms with Crippen LogP contribution in [0.1, 0.15) is 24.6 Å². The number of halogens is 1. The molecule has 0 aliphatic carbocycles. The van der Waals surface area contributed by atoms with E-state index in [1.807, 2.05) is 18.2 Å². The molecule has 2 heterocycles. The van der Waals surface area contributed by atoms with Crippen molar-refractivity contribution in [3.8, 4) is 0 Å². The zero-order chi connectivity index (χ0) is 12.7. The first-order chi connectivity index (χ1) is 8.72. The fourth-order valence-corrected chi connectivity index (χ4v) is 2.25. The van der Waals surface area contributed by atoms with E-state index in [0.29, 0.717) is 23.1 Å². The molecule has 0 saturated carbocycles. The fraction of sp³-hybridized carbons (Fsp3) is 0.308. The van der Waals surface area contributed by atoms with Gasteiger partial charge in [0.15, 0.2) is 5.65 Å². The van der Waals surface area contributed by atoms with Crippen LogP contribution in [0.2, 0.25) is 0 Å². The van der Waals surface area contributed by atoms with Crippen molar-refractivity contribution in [2.45, 2.75) is 26.7 Å². The summed E-state index contributed by atoms with van der Waals surface area (Å²) in [5.74, 6) is -0.190. The van der Waals surface area contributed by atoms with Crippen LogP contribution in [0.5, 0.6) is 0 Å². The van der Waals surface area contributed by atoms with Crippen molar-refractivity contribution in [1.29, 1.82) is 0 Å². The van der Waals surface area contributed by atoms with E-state index in [4.69, 9.17) is 0 Å². The smallest absolute Gasteiger partial charge is 0.182 e. The molecular weight excluding hydrogens is 231 g/mol. The number of aromatic nitrogens is 4. The minimum absolute atomic E-state index is 0.190. The van der Waals surface area contributed by atoms with Crippen molar-refractivity contribution in [1.82, 2.24) is 19.6 Å². The largest absolute Gasteiger partial charge is 0.279 e. The molecule has 0 fully saturated rings. The van der Waals surface area contributed by atoms with Gasteiger partial charge in [0.25, 0.3) is 0 Å². The van der Waals surface area contributed by atoms with Crippen LogP contribution in [0, 0.1) is 12.7 Å². The highest BCUT2D eigenvalue weighted by Crippen LogP contribution is 2.22. The van der Waals surface area contributed by atoms with Gasteiger partial charge in [-0.3, -0.25) is 4.40 Å². The third-order valence-corrected chi connectivity index (χ3v) is 3.12. The summed E-state index contributed by atoms with van der Waals surface area (Å²) >= 11 is 0. The molecule has 0 spiro atoms. The predicted molar refractivity (Wildman–Crippen MR) is 67.0 cm³/mol. The monoisotopic (exact) mass is 244 g/mol. The van der Waals surface area contributed by atoms with Gasteiger partial charge in [0.05, 0.1) is 11.2 Å². The Hall–Kier alpha value is -2.04. The number of hydrogen-bond acceptors (Lipinski definition) is 3. The Morgan fingerprint density at radius 2 is 2.11 bits per heavy atom. The lowest BCUT2D eigenvalue weighted by Gasteiger charge is -2.08. The maximum Gasteiger partial charge on any atom is 0.182 e. The quantitative estimate of drug-likeness (QED) is 0.696. The molecular formula is C13H13FN4. The SMILES string of the molecule is CCCc1c(F)ccc2nnc3c(C)ncn3c12. The maximum atomic E-state index is 14.0. The summed E-state index contributed by atoms with van der Waals surface area (Å²) in [6, 6.07) is 3.11. The molecule has 0 unspecified atom stereocenters. The van der Waals surface area contributed by atoms with Gasteiger partial charge in [-0.05, 0) is 25.5 Å². The molecule has 2 aromatic heterocycles. The molecule has 0 bridgehead atoms. The molecule has 0 aliphatic heterocycles. The summed E-state index contributed by atoms with van der Waals surface area (Å²) in [5, 5.41) is 8.28. The van der Waals surface area contributed by atoms with Crippen LogP contribution < -0.4 is 0 Å². The molecule has 4 nitrogen and oxygen atoms in total. The molecule has 0 atom stereocenters. The number of aryl methyl sites for hydroxylation is 2. The molecule has 5 heteroatoms. The number of nitrogens with zero attached hydrogens (tertiary/aromatic N) is 4. The van der Waals surface area contributed by atoms with Crippen LogP contribution in [-0.2, 0) is 6.42 Å². The highest BCUT2D eigenvalue weighted by molar-refractivity contribution is 5.80. The van der Waals surface area contributed by atoms with Crippen molar-refractivity contribution in [3.63, 3.8) is 0 Å². The molecule has 0 aliphatic rings. The lowest BCUT2D eigenvalue weighted by atomic mass is 10.1. The minimum Gasteiger partial charge on any atom is -0.279 e. The second-order valence-corrected chi connectivity index (χ2v) is 4.37. The van der Waals surface area contributed by atoms with Crippen LogP contribution in [0.3, 0.4) is 0 Å². The van der Waals surface area contributed by atoms with E-state index in [9.17, 15) is 4.39 Å². The van der Waals surface area contributed by atoms with Crippen LogP contribution in [0.15, 0.2) is 18.5 Å². The van der Waals surface area contributed by atoms with Gasteiger partial charge in [0.2, 0.25) is 0 Å². The van der Waals surface area contributed by atoms with Gasteiger partial charge in [-0.15, -0.1) is 10.2 Å². The molecule has 18 heavy (non-hydrogen) atoms. The van der Waals surface area contributed by atoms with Gasteiger partial charge in [0, 0.05) is 5.56 Å². The van der Waals surface area contributed by atoms with Gasteiger partial charge < -0.3 is 0 Å². The second-order valence-electron chi connectivity index (χ2n) is 4.37. The van der Waals surface area contributed by atoms with E-state index in [-0.39, 0.29) is 5.82 Å². The highest BCUT2D eigenvalue weighted by Gasteiger charge is 2.13. The third kappa shape index (κ3) is 1.47. The van der Waals surface area contributed by atoms with E-state index in [0.717, 1.165) is 17.6 Å². The van der Waals surface area contributed by atoms with E-state index < -0.39 is 0 Å². The van der Waals surface area contributed by atoms with Gasteiger partial charge in [-0.1, -0.05) is 13.3 Å². The van der Waals surface area contributed by atoms with Crippen molar-refractivity contribution in [2.75, 3.05) is 0 Å². The second kappa shape index (κ2) is 4.01. The summed E-state index contributed by atoms with van der Waals surface area (Å²) in [6.07, 6.45) is 3.25. The Morgan fingerprint density at radius 3 is 2.89 bits per heavy atom. The molecule has 92 valence electrons. The Kier molecular flexibility index (Phi) is 2.47. The molecule has 0 N–H and O–H groups in total. The number of rotatable bonds is 2. The Bertz CT molecular complexity index is 733. The summed E-state index contributed by atoms with van der Waals surface area (Å²) in [7, 11) is 0. The van der Waals surface area contributed by atoms with Crippen molar-refractivity contribution < 1.29 is 4.39 Å². The number of hydrogen-bond donors (Lipinski definition) is 0. The zero-order valence-corrected chi connectivity index (χ0v) is 10.3. The molecule has 1 aromatic carbocycles. The molecule has 3 rings (SSSR count). The molecule has 3 aromatic rings. The van der Waals surface area contributed by atoms with E-state index >= 15 is 0 Å². The highest BCUT2D eigenvalue weighted by atomic mass is 19.1. The third-order valence-electron chi connectivity index (χ3n) is 3.12. The average Bonchev–Trinajstić information content (AvgIpc) is 2.75. The number of benzene rings is 1. The first kappa shape index (κ1) is 11.1. The normalized spacial score (nSPS) is 11.5. The summed E-state index contributed by atoms with van der Waals surface area (Å²) in [5.41, 5.74) is 3.65. The Labute approximate surface area is 103 Å². The standard InChI is InChI=1S/C13H13FN4/c1-3-4-9-10(14)5-6-11-12(9)18-7-15-8(2)13(18)17-16-11/h5-7H,3-4H2,1-2H3. The van der Waals surface area contributed by atoms with Crippen LogP contribution >= 0.6 is 0 Å². The van der Waals surface area contributed by atoms with Crippen LogP contribution in [-0.4, -0.2) is 19.6 Å². The van der Waals surface area contributed by atoms with Gasteiger partial charge in [-0.2, -0.15) is 0 Å². The first-order valence-corrected chi connectivity index (χ1v) is 5.99. The van der Waals surface area contributed by atoms with E-state index in [2.05, 4.69) is 15.2 Å². The zero-order valence-electron chi connectivity index (χ0n) is 10.3. The van der Waals surface area contributed by atoms with Crippen LogP contribution in [0.25, 0.3) is 16.7 Å². The Balaban J connectivity index is 2.49. The van der Waals surface area contributed by atoms with Crippen molar-refractivity contribution in [2.24, 2.45) is 0 Å². The first-order valence-electron chi connectivity index (χ1n) is 5.99. The van der Waals surface area contributed by atoms with Crippen LogP contribution in [0.4, 0.5) is 4.39 Å². The Morgan fingerprint density at radius 1 is 1.28 bits per heavy atom. The summed E-state index contributed by atoms with van der Waals surface area (Å²) in [6.45, 7) is 3.90. The fourth-order valence-electron chi connectivity index (χ4n) is 2.25. The number of fused-ring (bicyclic) bond motifs is 3. The molecule has 0 radical (unpaired) electrons. The average molecular weight is 244 g/mol. The van der Waals surface area contributed by atoms with E-state index in [1.54, 1.807) is 12.4 Å². The molecule has 0 amide bonds. The summed E-state index contributed by atoms with van der Waals surface area (Å²) in [4.78, 5) is 4.21. The minimum atomic E-state index is -0.190. The van der Waals surface area contributed by atoms with Gasteiger partial charge >= 0.3 is 0 Å². The topological polar surface area (TPSA) is 43.1 Å². The molecule has 0 saturated heterocycles. The van der Waals surface area contributed by atoms with Crippen molar-refractivity contribution in [3.05, 3.63) is 35.5 Å². The van der Waals surface area contributed by atoms with Gasteiger partial charge in [-0.25, -0.2) is 9.37 Å². The van der Waals surface area contributed by atoms with E-state index in [1.165, 1.54) is 6.07 Å². The van der Waals surface area contributed by atoms with Crippen molar-refractivity contribution >= 4 is 16.7 Å². The summed E-state index contributed by atoms with van der Waals surface area (Å²) < 4.78 is 15.8. The predicted octanol–water partition coefficient (Wildman–Crippen LogP) is 2.68.